The molecule has 19 heavy (non-hydrogen) atoms. The Bertz CT molecular complexity index is 384. The number of benzene rings is 1. The molecule has 0 aliphatic carbocycles. The molecule has 0 aliphatic rings. The van der Waals surface area contributed by atoms with Crippen LogP contribution in [0.1, 0.15) is 39.2 Å². The van der Waals surface area contributed by atoms with Gasteiger partial charge < -0.3 is 10.6 Å². The molecule has 0 radical (unpaired) electrons. The van der Waals surface area contributed by atoms with Crippen molar-refractivity contribution in [3.63, 3.8) is 0 Å². The fourth-order valence-corrected chi connectivity index (χ4v) is 2.18. The molecular formula is C15H24F2N2. The summed E-state index contributed by atoms with van der Waals surface area (Å²) >= 11 is 0. The van der Waals surface area contributed by atoms with E-state index in [2.05, 4.69) is 0 Å². The van der Waals surface area contributed by atoms with Crippen LogP contribution in [0, 0.1) is 11.6 Å². The van der Waals surface area contributed by atoms with Crippen molar-refractivity contribution >= 4 is 5.69 Å². The van der Waals surface area contributed by atoms with Gasteiger partial charge in [-0.05, 0) is 43.9 Å². The first-order valence-corrected chi connectivity index (χ1v) is 7.01. The van der Waals surface area contributed by atoms with E-state index in [1.807, 2.05) is 20.8 Å². The van der Waals surface area contributed by atoms with Gasteiger partial charge >= 0.3 is 0 Å². The largest absolute Gasteiger partial charge is 0.367 e. The Morgan fingerprint density at radius 2 is 1.74 bits per heavy atom. The summed E-state index contributed by atoms with van der Waals surface area (Å²) in [7, 11) is 0. The molecule has 0 aromatic heterocycles. The van der Waals surface area contributed by atoms with Gasteiger partial charge in [-0.3, -0.25) is 0 Å². The van der Waals surface area contributed by atoms with Crippen LogP contribution in [0.15, 0.2) is 12.1 Å². The van der Waals surface area contributed by atoms with Crippen molar-refractivity contribution in [1.29, 1.82) is 0 Å². The highest BCUT2D eigenvalue weighted by Gasteiger charge is 2.17. The van der Waals surface area contributed by atoms with Crippen LogP contribution in [0.3, 0.4) is 0 Å². The van der Waals surface area contributed by atoms with Crippen LogP contribution in [0.2, 0.25) is 0 Å². The second-order valence-corrected chi connectivity index (χ2v) is 4.86. The van der Waals surface area contributed by atoms with Crippen LogP contribution in [0.5, 0.6) is 0 Å². The van der Waals surface area contributed by atoms with E-state index in [0.29, 0.717) is 25.1 Å². The lowest BCUT2D eigenvalue weighted by Crippen LogP contribution is -2.26. The molecule has 108 valence electrons. The summed E-state index contributed by atoms with van der Waals surface area (Å²) in [4.78, 5) is 1.73. The SMILES string of the molecule is CCCN(CC)c1c(F)cc(CC(N)CC)cc1F. The quantitative estimate of drug-likeness (QED) is 0.822. The highest BCUT2D eigenvalue weighted by Crippen LogP contribution is 2.25. The second-order valence-electron chi connectivity index (χ2n) is 4.86. The molecule has 1 aromatic rings. The normalized spacial score (nSPS) is 12.5. The van der Waals surface area contributed by atoms with Crippen molar-refractivity contribution in [2.45, 2.75) is 46.1 Å². The van der Waals surface area contributed by atoms with E-state index in [1.54, 1.807) is 4.90 Å². The van der Waals surface area contributed by atoms with E-state index in [-0.39, 0.29) is 11.7 Å². The molecule has 1 rings (SSSR count). The van der Waals surface area contributed by atoms with Crippen molar-refractivity contribution in [3.05, 3.63) is 29.3 Å². The number of nitrogens with two attached hydrogens (primary N) is 1. The number of rotatable bonds is 7. The molecule has 0 saturated carbocycles. The first-order valence-electron chi connectivity index (χ1n) is 7.01. The van der Waals surface area contributed by atoms with E-state index in [0.717, 1.165) is 12.8 Å². The lowest BCUT2D eigenvalue weighted by atomic mass is 10.0. The van der Waals surface area contributed by atoms with Gasteiger partial charge in [-0.25, -0.2) is 8.78 Å². The lowest BCUT2D eigenvalue weighted by molar-refractivity contribution is 0.562. The third kappa shape index (κ3) is 4.16. The number of hydrogen-bond donors (Lipinski definition) is 1. The molecule has 0 bridgehead atoms. The van der Waals surface area contributed by atoms with Crippen molar-refractivity contribution in [2.75, 3.05) is 18.0 Å². The summed E-state index contributed by atoms with van der Waals surface area (Å²) in [6.07, 6.45) is 2.15. The predicted molar refractivity (Wildman–Crippen MR) is 76.5 cm³/mol. The third-order valence-corrected chi connectivity index (χ3v) is 3.29. The van der Waals surface area contributed by atoms with Crippen molar-refractivity contribution in [3.8, 4) is 0 Å². The molecule has 1 atom stereocenters. The minimum atomic E-state index is -0.492. The van der Waals surface area contributed by atoms with Crippen molar-refractivity contribution in [2.24, 2.45) is 5.73 Å². The van der Waals surface area contributed by atoms with Gasteiger partial charge in [-0.1, -0.05) is 13.8 Å². The summed E-state index contributed by atoms with van der Waals surface area (Å²) < 4.78 is 28.2. The van der Waals surface area contributed by atoms with Crippen LogP contribution in [0.4, 0.5) is 14.5 Å². The van der Waals surface area contributed by atoms with E-state index < -0.39 is 11.6 Å². The van der Waals surface area contributed by atoms with Crippen LogP contribution < -0.4 is 10.6 Å². The Labute approximate surface area is 114 Å². The Balaban J connectivity index is 3.02. The molecule has 4 heteroatoms. The van der Waals surface area contributed by atoms with Gasteiger partial charge in [0.05, 0.1) is 0 Å². The molecule has 2 N–H and O–H groups in total. The summed E-state index contributed by atoms with van der Waals surface area (Å²) in [6.45, 7) is 7.10. The maximum Gasteiger partial charge on any atom is 0.149 e. The number of anilines is 1. The second kappa shape index (κ2) is 7.43. The molecule has 2 nitrogen and oxygen atoms in total. The average molecular weight is 270 g/mol. The Hall–Kier alpha value is -1.16. The van der Waals surface area contributed by atoms with Crippen molar-refractivity contribution in [1.82, 2.24) is 0 Å². The van der Waals surface area contributed by atoms with E-state index in [9.17, 15) is 8.78 Å². The zero-order valence-corrected chi connectivity index (χ0v) is 12.0. The highest BCUT2D eigenvalue weighted by molar-refractivity contribution is 5.50. The van der Waals surface area contributed by atoms with Gasteiger partial charge in [0.2, 0.25) is 0 Å². The van der Waals surface area contributed by atoms with E-state index >= 15 is 0 Å². The number of nitrogens with zero attached hydrogens (tertiary/aromatic N) is 1. The van der Waals surface area contributed by atoms with Crippen LogP contribution in [-0.2, 0) is 6.42 Å². The Morgan fingerprint density at radius 3 is 2.16 bits per heavy atom. The van der Waals surface area contributed by atoms with Crippen molar-refractivity contribution < 1.29 is 8.78 Å². The minimum Gasteiger partial charge on any atom is -0.367 e. The molecule has 1 aromatic carbocycles. The maximum atomic E-state index is 14.1. The highest BCUT2D eigenvalue weighted by atomic mass is 19.1. The van der Waals surface area contributed by atoms with E-state index in [1.165, 1.54) is 12.1 Å². The Morgan fingerprint density at radius 1 is 1.16 bits per heavy atom. The monoisotopic (exact) mass is 270 g/mol. The standard InChI is InChI=1S/C15H24F2N2/c1-4-7-19(6-3)15-13(16)9-11(10-14(15)17)8-12(18)5-2/h9-10,12H,4-8,18H2,1-3H3. The first-order chi connectivity index (χ1) is 9.03. The number of hydrogen-bond acceptors (Lipinski definition) is 2. The topological polar surface area (TPSA) is 29.3 Å². The van der Waals surface area contributed by atoms with Gasteiger partial charge in [-0.15, -0.1) is 0 Å². The smallest absolute Gasteiger partial charge is 0.149 e. The zero-order valence-electron chi connectivity index (χ0n) is 12.0. The molecule has 0 amide bonds. The minimum absolute atomic E-state index is 0.0532. The lowest BCUT2D eigenvalue weighted by Gasteiger charge is -2.24. The van der Waals surface area contributed by atoms with Crippen LogP contribution in [0.25, 0.3) is 0 Å². The molecule has 0 saturated heterocycles. The summed E-state index contributed by atoms with van der Waals surface area (Å²) in [5.74, 6) is -0.984. The molecule has 0 heterocycles. The molecule has 0 spiro atoms. The molecular weight excluding hydrogens is 246 g/mol. The molecule has 1 unspecified atom stereocenters. The average Bonchev–Trinajstić information content (AvgIpc) is 2.36. The zero-order chi connectivity index (χ0) is 14.4. The maximum absolute atomic E-state index is 14.1. The molecule has 0 fully saturated rings. The van der Waals surface area contributed by atoms with Crippen LogP contribution in [-0.4, -0.2) is 19.1 Å². The fourth-order valence-electron chi connectivity index (χ4n) is 2.18. The summed E-state index contributed by atoms with van der Waals surface area (Å²) in [5.41, 5.74) is 6.53. The van der Waals surface area contributed by atoms with E-state index in [4.69, 9.17) is 5.73 Å². The fraction of sp³-hybridized carbons (Fsp3) is 0.600. The first kappa shape index (κ1) is 15.9. The van der Waals surface area contributed by atoms with Gasteiger partial charge in [0, 0.05) is 19.1 Å². The predicted octanol–water partition coefficient (Wildman–Crippen LogP) is 3.48. The third-order valence-electron chi connectivity index (χ3n) is 3.29. The Kier molecular flexibility index (Phi) is 6.22. The van der Waals surface area contributed by atoms with Crippen LogP contribution >= 0.6 is 0 Å². The van der Waals surface area contributed by atoms with Gasteiger partial charge in [-0.2, -0.15) is 0 Å². The van der Waals surface area contributed by atoms with Gasteiger partial charge in [0.1, 0.15) is 17.3 Å². The van der Waals surface area contributed by atoms with Gasteiger partial charge in [0.25, 0.3) is 0 Å². The number of halogens is 2. The summed E-state index contributed by atoms with van der Waals surface area (Å²) in [5, 5.41) is 0. The van der Waals surface area contributed by atoms with Gasteiger partial charge in [0.15, 0.2) is 0 Å². The summed E-state index contributed by atoms with van der Waals surface area (Å²) in [6, 6.07) is 2.76. The molecule has 0 aliphatic heterocycles.